The van der Waals surface area contributed by atoms with E-state index < -0.39 is 0 Å². The van der Waals surface area contributed by atoms with Gasteiger partial charge in [0.15, 0.2) is 5.96 Å². The Kier molecular flexibility index (Phi) is 7.21. The molecule has 0 bridgehead atoms. The van der Waals surface area contributed by atoms with Gasteiger partial charge in [0.1, 0.15) is 5.76 Å². The van der Waals surface area contributed by atoms with E-state index in [0.717, 1.165) is 24.0 Å². The Labute approximate surface area is 156 Å². The molecule has 2 N–H and O–H groups in total. The standard InChI is InChI=1S/C20H31N5O/c1-14(2)25(6)13-18-10-8-7-9-17(18)11-22-20(21-5)23-12-19-24-15(3)16(4)26-19/h7-10,14H,11-13H2,1-6H3,(H2,21,22,23). The van der Waals surface area contributed by atoms with Gasteiger partial charge in [-0.05, 0) is 45.9 Å². The largest absolute Gasteiger partial charge is 0.444 e. The first-order valence-electron chi connectivity index (χ1n) is 9.05. The fourth-order valence-corrected chi connectivity index (χ4v) is 2.51. The number of aromatic nitrogens is 1. The zero-order valence-electron chi connectivity index (χ0n) is 16.8. The van der Waals surface area contributed by atoms with E-state index in [9.17, 15) is 0 Å². The number of guanidine groups is 1. The van der Waals surface area contributed by atoms with Gasteiger partial charge < -0.3 is 15.1 Å². The van der Waals surface area contributed by atoms with Crippen molar-refractivity contribution in [2.24, 2.45) is 4.99 Å². The van der Waals surface area contributed by atoms with Crippen LogP contribution in [0.15, 0.2) is 33.7 Å². The second kappa shape index (κ2) is 9.38. The average molecular weight is 358 g/mol. The van der Waals surface area contributed by atoms with Crippen LogP contribution in [0, 0.1) is 13.8 Å². The minimum Gasteiger partial charge on any atom is -0.444 e. The van der Waals surface area contributed by atoms with Crippen molar-refractivity contribution >= 4 is 5.96 Å². The Morgan fingerprint density at radius 3 is 2.38 bits per heavy atom. The summed E-state index contributed by atoms with van der Waals surface area (Å²) in [6.45, 7) is 10.4. The molecule has 2 aromatic rings. The summed E-state index contributed by atoms with van der Waals surface area (Å²) in [4.78, 5) is 11.0. The first kappa shape index (κ1) is 20.0. The van der Waals surface area contributed by atoms with Crippen molar-refractivity contribution in [1.82, 2.24) is 20.5 Å². The third kappa shape index (κ3) is 5.59. The third-order valence-electron chi connectivity index (χ3n) is 4.57. The summed E-state index contributed by atoms with van der Waals surface area (Å²) >= 11 is 0. The molecule has 0 saturated carbocycles. The summed E-state index contributed by atoms with van der Waals surface area (Å²) in [5.74, 6) is 2.25. The minimum absolute atomic E-state index is 0.506. The van der Waals surface area contributed by atoms with Crippen molar-refractivity contribution < 1.29 is 4.42 Å². The number of hydrogen-bond acceptors (Lipinski definition) is 4. The molecule has 0 unspecified atom stereocenters. The van der Waals surface area contributed by atoms with Crippen molar-refractivity contribution in [3.05, 3.63) is 52.7 Å². The molecule has 0 fully saturated rings. The molecule has 1 aromatic heterocycles. The second-order valence-electron chi connectivity index (χ2n) is 6.81. The maximum atomic E-state index is 5.60. The molecule has 0 aliphatic rings. The van der Waals surface area contributed by atoms with Crippen LogP contribution in [0.2, 0.25) is 0 Å². The van der Waals surface area contributed by atoms with Gasteiger partial charge in [0.25, 0.3) is 0 Å². The van der Waals surface area contributed by atoms with Crippen LogP contribution in [0.5, 0.6) is 0 Å². The van der Waals surface area contributed by atoms with Gasteiger partial charge in [0.2, 0.25) is 5.89 Å². The summed E-state index contributed by atoms with van der Waals surface area (Å²) in [6.07, 6.45) is 0. The van der Waals surface area contributed by atoms with E-state index in [-0.39, 0.29) is 0 Å². The average Bonchev–Trinajstić information content (AvgIpc) is 2.94. The maximum Gasteiger partial charge on any atom is 0.214 e. The highest BCUT2D eigenvalue weighted by molar-refractivity contribution is 5.79. The fourth-order valence-electron chi connectivity index (χ4n) is 2.51. The highest BCUT2D eigenvalue weighted by atomic mass is 16.4. The molecule has 1 aromatic carbocycles. The van der Waals surface area contributed by atoms with Crippen LogP contribution in [0.25, 0.3) is 0 Å². The molecule has 0 atom stereocenters. The highest BCUT2D eigenvalue weighted by Crippen LogP contribution is 2.12. The van der Waals surface area contributed by atoms with Crippen LogP contribution < -0.4 is 10.6 Å². The molecule has 0 radical (unpaired) electrons. The number of nitrogens with one attached hydrogen (secondary N) is 2. The van der Waals surface area contributed by atoms with Crippen LogP contribution in [0.3, 0.4) is 0 Å². The van der Waals surface area contributed by atoms with Gasteiger partial charge in [-0.1, -0.05) is 24.3 Å². The molecule has 0 aliphatic heterocycles. The lowest BCUT2D eigenvalue weighted by Gasteiger charge is -2.23. The number of benzene rings is 1. The maximum absolute atomic E-state index is 5.60. The van der Waals surface area contributed by atoms with E-state index in [1.165, 1.54) is 11.1 Å². The number of aliphatic imine (C=N–C) groups is 1. The molecular weight excluding hydrogens is 326 g/mol. The second-order valence-corrected chi connectivity index (χ2v) is 6.81. The van der Waals surface area contributed by atoms with E-state index in [1.807, 2.05) is 13.8 Å². The quantitative estimate of drug-likeness (QED) is 0.589. The lowest BCUT2D eigenvalue weighted by atomic mass is 10.1. The highest BCUT2D eigenvalue weighted by Gasteiger charge is 2.09. The van der Waals surface area contributed by atoms with E-state index in [1.54, 1.807) is 7.05 Å². The predicted octanol–water partition coefficient (Wildman–Crippen LogP) is 3.00. The molecule has 6 nitrogen and oxygen atoms in total. The number of nitrogens with zero attached hydrogens (tertiary/aromatic N) is 3. The monoisotopic (exact) mass is 357 g/mol. The van der Waals surface area contributed by atoms with Crippen molar-refractivity contribution in [2.45, 2.75) is 53.4 Å². The van der Waals surface area contributed by atoms with Gasteiger partial charge in [0, 0.05) is 26.2 Å². The van der Waals surface area contributed by atoms with Crippen LogP contribution in [-0.4, -0.2) is 36.0 Å². The Morgan fingerprint density at radius 2 is 1.81 bits per heavy atom. The molecular formula is C20H31N5O. The molecule has 1 heterocycles. The summed E-state index contributed by atoms with van der Waals surface area (Å²) in [6, 6.07) is 9.02. The van der Waals surface area contributed by atoms with Gasteiger partial charge in [-0.2, -0.15) is 0 Å². The molecule has 6 heteroatoms. The SMILES string of the molecule is CN=C(NCc1nc(C)c(C)o1)NCc1ccccc1CN(C)C(C)C. The van der Waals surface area contributed by atoms with Crippen LogP contribution in [0.1, 0.15) is 42.3 Å². The molecule has 0 saturated heterocycles. The Bertz CT molecular complexity index is 716. The van der Waals surface area contributed by atoms with Crippen molar-refractivity contribution in [1.29, 1.82) is 0 Å². The van der Waals surface area contributed by atoms with Gasteiger partial charge in [-0.3, -0.25) is 9.89 Å². The topological polar surface area (TPSA) is 65.7 Å². The van der Waals surface area contributed by atoms with Crippen molar-refractivity contribution in [3.8, 4) is 0 Å². The number of rotatable bonds is 7. The van der Waals surface area contributed by atoms with E-state index in [2.05, 4.69) is 70.7 Å². The van der Waals surface area contributed by atoms with Gasteiger partial charge in [-0.25, -0.2) is 4.98 Å². The summed E-state index contributed by atoms with van der Waals surface area (Å²) < 4.78 is 5.60. The number of hydrogen-bond donors (Lipinski definition) is 2. The molecule has 26 heavy (non-hydrogen) atoms. The number of oxazole rings is 1. The van der Waals surface area contributed by atoms with Crippen molar-refractivity contribution in [3.63, 3.8) is 0 Å². The predicted molar refractivity (Wildman–Crippen MR) is 106 cm³/mol. The van der Waals surface area contributed by atoms with E-state index in [0.29, 0.717) is 25.0 Å². The van der Waals surface area contributed by atoms with Crippen molar-refractivity contribution in [2.75, 3.05) is 14.1 Å². The molecule has 0 aliphatic carbocycles. The lowest BCUT2D eigenvalue weighted by Crippen LogP contribution is -2.36. The van der Waals surface area contributed by atoms with Gasteiger partial charge >= 0.3 is 0 Å². The zero-order valence-corrected chi connectivity index (χ0v) is 16.8. The Morgan fingerprint density at radius 1 is 1.15 bits per heavy atom. The van der Waals surface area contributed by atoms with Crippen LogP contribution >= 0.6 is 0 Å². The first-order chi connectivity index (χ1) is 12.4. The zero-order chi connectivity index (χ0) is 19.1. The summed E-state index contributed by atoms with van der Waals surface area (Å²) in [5.41, 5.74) is 3.52. The smallest absolute Gasteiger partial charge is 0.214 e. The fraction of sp³-hybridized carbons (Fsp3) is 0.500. The normalized spacial score (nSPS) is 12.1. The van der Waals surface area contributed by atoms with E-state index in [4.69, 9.17) is 4.42 Å². The van der Waals surface area contributed by atoms with Crippen LogP contribution in [-0.2, 0) is 19.6 Å². The van der Waals surface area contributed by atoms with E-state index >= 15 is 0 Å². The third-order valence-corrected chi connectivity index (χ3v) is 4.57. The van der Waals surface area contributed by atoms with Gasteiger partial charge in [0.05, 0.1) is 12.2 Å². The first-order valence-corrected chi connectivity index (χ1v) is 9.05. The lowest BCUT2D eigenvalue weighted by molar-refractivity contribution is 0.265. The Hall–Kier alpha value is -2.34. The number of aryl methyl sites for hydroxylation is 2. The minimum atomic E-state index is 0.506. The Balaban J connectivity index is 1.93. The molecule has 0 spiro atoms. The molecule has 0 amide bonds. The molecule has 142 valence electrons. The summed E-state index contributed by atoms with van der Waals surface area (Å²) in [5, 5.41) is 6.62. The van der Waals surface area contributed by atoms with Gasteiger partial charge in [-0.15, -0.1) is 0 Å². The molecule has 2 rings (SSSR count). The van der Waals surface area contributed by atoms with Crippen LogP contribution in [0.4, 0.5) is 0 Å². The summed E-state index contributed by atoms with van der Waals surface area (Å²) in [7, 11) is 3.91.